The number of amides is 1. The van der Waals surface area contributed by atoms with Gasteiger partial charge in [0, 0.05) is 5.02 Å². The van der Waals surface area contributed by atoms with Crippen LogP contribution in [-0.2, 0) is 4.79 Å². The van der Waals surface area contributed by atoms with E-state index in [1.807, 2.05) is 0 Å². The monoisotopic (exact) mass is 311 g/mol. The molecule has 2 aromatic rings. The van der Waals surface area contributed by atoms with E-state index in [1.54, 1.807) is 24.3 Å². The van der Waals surface area contributed by atoms with Gasteiger partial charge in [-0.15, -0.1) is 0 Å². The summed E-state index contributed by atoms with van der Waals surface area (Å²) in [7, 11) is 0. The second-order valence-corrected chi connectivity index (χ2v) is 4.74. The molecule has 0 bridgehead atoms. The van der Waals surface area contributed by atoms with E-state index < -0.39 is 29.3 Å². The summed E-state index contributed by atoms with van der Waals surface area (Å²) in [5.74, 6) is -1.92. The molecule has 0 spiro atoms. The Morgan fingerprint density at radius 1 is 1.14 bits per heavy atom. The van der Waals surface area contributed by atoms with Gasteiger partial charge in [0.1, 0.15) is 23.1 Å². The third kappa shape index (κ3) is 3.92. The van der Waals surface area contributed by atoms with Crippen LogP contribution in [0.2, 0.25) is 5.02 Å². The fourth-order valence-electron chi connectivity index (χ4n) is 1.61. The number of anilines is 1. The van der Waals surface area contributed by atoms with Gasteiger partial charge in [0.2, 0.25) is 0 Å². The molecule has 0 unspecified atom stereocenters. The normalized spacial score (nSPS) is 11.8. The van der Waals surface area contributed by atoms with Crippen LogP contribution in [0.5, 0.6) is 5.75 Å². The van der Waals surface area contributed by atoms with Crippen molar-refractivity contribution in [3.05, 3.63) is 59.1 Å². The van der Waals surface area contributed by atoms with Crippen molar-refractivity contribution >= 4 is 23.2 Å². The first kappa shape index (κ1) is 15.3. The zero-order valence-corrected chi connectivity index (χ0v) is 11.8. The fraction of sp³-hybridized carbons (Fsp3) is 0.133. The number of benzene rings is 2. The number of nitrogens with one attached hydrogen (secondary N) is 1. The minimum atomic E-state index is -0.926. The lowest BCUT2D eigenvalue weighted by atomic mass is 10.2. The van der Waals surface area contributed by atoms with Gasteiger partial charge in [-0.3, -0.25) is 4.79 Å². The summed E-state index contributed by atoms with van der Waals surface area (Å²) < 4.78 is 32.2. The quantitative estimate of drug-likeness (QED) is 0.926. The number of hydrogen-bond acceptors (Lipinski definition) is 2. The van der Waals surface area contributed by atoms with Gasteiger partial charge in [0.15, 0.2) is 6.10 Å². The standard InChI is InChI=1S/C15H12ClF2NO2/c1-9(21-11-7-5-10(16)6-8-11)15(20)19-14-12(17)3-2-4-13(14)18/h2-9H,1H3,(H,19,20)/t9-/m0/s1. The van der Waals surface area contributed by atoms with E-state index in [0.29, 0.717) is 10.8 Å². The molecule has 0 radical (unpaired) electrons. The van der Waals surface area contributed by atoms with Crippen LogP contribution >= 0.6 is 11.6 Å². The van der Waals surface area contributed by atoms with E-state index in [1.165, 1.54) is 13.0 Å². The van der Waals surface area contributed by atoms with Crippen LogP contribution in [0, 0.1) is 11.6 Å². The van der Waals surface area contributed by atoms with Gasteiger partial charge in [0.25, 0.3) is 5.91 Å². The van der Waals surface area contributed by atoms with E-state index in [2.05, 4.69) is 5.32 Å². The van der Waals surface area contributed by atoms with Gasteiger partial charge in [-0.1, -0.05) is 17.7 Å². The Labute approximate surface area is 125 Å². The Kier molecular flexibility index (Phi) is 4.75. The summed E-state index contributed by atoms with van der Waals surface area (Å²) in [5.41, 5.74) is -0.492. The first-order chi connectivity index (χ1) is 9.97. The zero-order chi connectivity index (χ0) is 15.4. The van der Waals surface area contributed by atoms with Gasteiger partial charge in [-0.25, -0.2) is 8.78 Å². The molecule has 1 atom stereocenters. The minimum absolute atomic E-state index is 0.427. The van der Waals surface area contributed by atoms with Crippen molar-refractivity contribution in [2.24, 2.45) is 0 Å². The maximum atomic E-state index is 13.4. The Bertz CT molecular complexity index is 626. The van der Waals surface area contributed by atoms with Crippen LogP contribution < -0.4 is 10.1 Å². The highest BCUT2D eigenvalue weighted by molar-refractivity contribution is 6.30. The molecule has 1 N–H and O–H groups in total. The van der Waals surface area contributed by atoms with E-state index in [0.717, 1.165) is 12.1 Å². The summed E-state index contributed by atoms with van der Waals surface area (Å²) in [4.78, 5) is 11.9. The molecule has 0 fully saturated rings. The number of ether oxygens (including phenoxy) is 1. The van der Waals surface area contributed by atoms with E-state index in [4.69, 9.17) is 16.3 Å². The van der Waals surface area contributed by atoms with Gasteiger partial charge in [0.05, 0.1) is 0 Å². The Morgan fingerprint density at radius 3 is 2.29 bits per heavy atom. The van der Waals surface area contributed by atoms with Gasteiger partial charge < -0.3 is 10.1 Å². The molecule has 3 nitrogen and oxygen atoms in total. The topological polar surface area (TPSA) is 38.3 Å². The van der Waals surface area contributed by atoms with Gasteiger partial charge in [-0.05, 0) is 43.3 Å². The first-order valence-corrected chi connectivity index (χ1v) is 6.52. The summed E-state index contributed by atoms with van der Waals surface area (Å²) in [6.07, 6.45) is -0.926. The molecule has 0 aliphatic rings. The predicted octanol–water partition coefficient (Wildman–Crippen LogP) is 4.02. The van der Waals surface area contributed by atoms with Crippen LogP contribution in [0.4, 0.5) is 14.5 Å². The molecule has 21 heavy (non-hydrogen) atoms. The lowest BCUT2D eigenvalue weighted by Crippen LogP contribution is -2.30. The summed E-state index contributed by atoms with van der Waals surface area (Å²) in [6, 6.07) is 9.74. The van der Waals surface area contributed by atoms with E-state index in [9.17, 15) is 13.6 Å². The molecule has 0 saturated heterocycles. The average Bonchev–Trinajstić information content (AvgIpc) is 2.45. The maximum absolute atomic E-state index is 13.4. The van der Waals surface area contributed by atoms with Crippen molar-refractivity contribution in [2.45, 2.75) is 13.0 Å². The highest BCUT2D eigenvalue weighted by atomic mass is 35.5. The van der Waals surface area contributed by atoms with E-state index >= 15 is 0 Å². The Hall–Kier alpha value is -2.14. The largest absolute Gasteiger partial charge is 0.481 e. The second kappa shape index (κ2) is 6.54. The summed E-state index contributed by atoms with van der Waals surface area (Å²) in [5, 5.41) is 2.70. The molecule has 2 rings (SSSR count). The van der Waals surface area contributed by atoms with Crippen molar-refractivity contribution in [1.82, 2.24) is 0 Å². The molecule has 0 saturated carbocycles. The number of rotatable bonds is 4. The lowest BCUT2D eigenvalue weighted by molar-refractivity contribution is -0.122. The number of para-hydroxylation sites is 1. The fourth-order valence-corrected chi connectivity index (χ4v) is 1.74. The lowest BCUT2D eigenvalue weighted by Gasteiger charge is -2.15. The predicted molar refractivity (Wildman–Crippen MR) is 76.5 cm³/mol. The Morgan fingerprint density at radius 2 is 1.71 bits per heavy atom. The van der Waals surface area contributed by atoms with Gasteiger partial charge in [-0.2, -0.15) is 0 Å². The summed E-state index contributed by atoms with van der Waals surface area (Å²) in [6.45, 7) is 1.47. The smallest absolute Gasteiger partial charge is 0.265 e. The van der Waals surface area contributed by atoms with Crippen LogP contribution in [0.15, 0.2) is 42.5 Å². The number of halogens is 3. The highest BCUT2D eigenvalue weighted by Crippen LogP contribution is 2.20. The van der Waals surface area contributed by atoms with Crippen LogP contribution in [-0.4, -0.2) is 12.0 Å². The molecular formula is C15H12ClF2NO2. The maximum Gasteiger partial charge on any atom is 0.265 e. The van der Waals surface area contributed by atoms with Crippen molar-refractivity contribution in [3.63, 3.8) is 0 Å². The minimum Gasteiger partial charge on any atom is -0.481 e. The van der Waals surface area contributed by atoms with Crippen LogP contribution in [0.25, 0.3) is 0 Å². The zero-order valence-electron chi connectivity index (χ0n) is 11.1. The molecule has 6 heteroatoms. The van der Waals surface area contributed by atoms with Crippen molar-refractivity contribution in [1.29, 1.82) is 0 Å². The molecule has 2 aromatic carbocycles. The van der Waals surface area contributed by atoms with Crippen LogP contribution in [0.3, 0.4) is 0 Å². The van der Waals surface area contributed by atoms with Crippen molar-refractivity contribution < 1.29 is 18.3 Å². The van der Waals surface area contributed by atoms with Crippen molar-refractivity contribution in [3.8, 4) is 5.75 Å². The van der Waals surface area contributed by atoms with Gasteiger partial charge >= 0.3 is 0 Å². The number of carbonyl (C=O) groups is 1. The molecule has 0 heterocycles. The first-order valence-electron chi connectivity index (χ1n) is 6.14. The Balaban J connectivity index is 2.04. The molecular weight excluding hydrogens is 300 g/mol. The number of hydrogen-bond donors (Lipinski definition) is 1. The molecule has 0 aliphatic carbocycles. The average molecular weight is 312 g/mol. The highest BCUT2D eigenvalue weighted by Gasteiger charge is 2.18. The molecule has 0 aromatic heterocycles. The number of carbonyl (C=O) groups excluding carboxylic acids is 1. The second-order valence-electron chi connectivity index (χ2n) is 4.30. The molecule has 0 aliphatic heterocycles. The third-order valence-electron chi connectivity index (χ3n) is 2.71. The molecule has 110 valence electrons. The summed E-state index contributed by atoms with van der Waals surface area (Å²) >= 11 is 5.73. The third-order valence-corrected chi connectivity index (χ3v) is 2.96. The SMILES string of the molecule is C[C@H](Oc1ccc(Cl)cc1)C(=O)Nc1c(F)cccc1F. The van der Waals surface area contributed by atoms with Crippen molar-refractivity contribution in [2.75, 3.05) is 5.32 Å². The molecule has 1 amide bonds. The van der Waals surface area contributed by atoms with E-state index in [-0.39, 0.29) is 0 Å². The van der Waals surface area contributed by atoms with Crippen LogP contribution in [0.1, 0.15) is 6.92 Å².